The average molecular weight is 263 g/mol. The second-order valence-corrected chi connectivity index (χ2v) is 5.50. The van der Waals surface area contributed by atoms with Crippen LogP contribution in [0.3, 0.4) is 0 Å². The van der Waals surface area contributed by atoms with E-state index < -0.39 is 0 Å². The van der Waals surface area contributed by atoms with E-state index in [1.807, 2.05) is 6.07 Å². The zero-order valence-electron chi connectivity index (χ0n) is 12.3. The van der Waals surface area contributed by atoms with Gasteiger partial charge in [-0.2, -0.15) is 0 Å². The first-order valence-electron chi connectivity index (χ1n) is 7.06. The van der Waals surface area contributed by atoms with Crippen LogP contribution in [-0.4, -0.2) is 65.6 Å². The quantitative estimate of drug-likeness (QED) is 0.867. The second-order valence-electron chi connectivity index (χ2n) is 5.50. The van der Waals surface area contributed by atoms with Gasteiger partial charge in [-0.05, 0) is 52.6 Å². The molecule has 1 fully saturated rings. The number of aromatic nitrogens is 2. The largest absolute Gasteiger partial charge is 0.368 e. The monoisotopic (exact) mass is 263 g/mol. The van der Waals surface area contributed by atoms with Crippen molar-refractivity contribution in [2.24, 2.45) is 0 Å². The minimum atomic E-state index is 0.233. The van der Waals surface area contributed by atoms with Crippen LogP contribution < -0.4 is 5.32 Å². The maximum atomic E-state index is 4.23. The van der Waals surface area contributed by atoms with E-state index in [2.05, 4.69) is 46.1 Å². The number of hydrogen-bond donors (Lipinski definition) is 1. The molecule has 0 atom stereocenters. The van der Waals surface area contributed by atoms with Gasteiger partial charge in [0.15, 0.2) is 0 Å². The van der Waals surface area contributed by atoms with E-state index in [0.717, 1.165) is 18.9 Å². The maximum absolute atomic E-state index is 4.23. The van der Waals surface area contributed by atoms with Crippen molar-refractivity contribution in [2.75, 3.05) is 45.6 Å². The number of hydrogen-bond acceptors (Lipinski definition) is 5. The summed E-state index contributed by atoms with van der Waals surface area (Å²) < 4.78 is 0. The first kappa shape index (κ1) is 14.2. The topological polar surface area (TPSA) is 44.3 Å². The van der Waals surface area contributed by atoms with Crippen LogP contribution in [0.2, 0.25) is 0 Å². The van der Waals surface area contributed by atoms with Crippen molar-refractivity contribution in [1.29, 1.82) is 0 Å². The van der Waals surface area contributed by atoms with E-state index in [1.54, 1.807) is 12.5 Å². The standard InChI is InChI=1S/C14H25N5/c1-4-19-9-6-14(7-10-19,18(2)3)11-16-13-5-8-15-12-17-13/h5,8,12H,4,6-7,9-11H2,1-3H3,(H,15,16,17). The highest BCUT2D eigenvalue weighted by Gasteiger charge is 2.36. The summed E-state index contributed by atoms with van der Waals surface area (Å²) in [7, 11) is 4.37. The molecule has 0 saturated carbocycles. The summed E-state index contributed by atoms with van der Waals surface area (Å²) in [6.45, 7) is 6.69. The van der Waals surface area contributed by atoms with Crippen molar-refractivity contribution in [1.82, 2.24) is 19.8 Å². The molecule has 5 heteroatoms. The van der Waals surface area contributed by atoms with Crippen molar-refractivity contribution in [2.45, 2.75) is 25.3 Å². The van der Waals surface area contributed by atoms with Gasteiger partial charge in [0.05, 0.1) is 0 Å². The molecular formula is C14H25N5. The summed E-state index contributed by atoms with van der Waals surface area (Å²) in [6.07, 6.45) is 5.76. The first-order chi connectivity index (χ1) is 9.16. The molecule has 0 bridgehead atoms. The van der Waals surface area contributed by atoms with Crippen LogP contribution in [0.15, 0.2) is 18.6 Å². The van der Waals surface area contributed by atoms with Gasteiger partial charge in [0, 0.05) is 18.3 Å². The molecule has 0 aliphatic carbocycles. The van der Waals surface area contributed by atoms with Crippen LogP contribution in [0.5, 0.6) is 0 Å². The van der Waals surface area contributed by atoms with Gasteiger partial charge >= 0.3 is 0 Å². The van der Waals surface area contributed by atoms with Crippen LogP contribution in [0.4, 0.5) is 5.82 Å². The second kappa shape index (κ2) is 6.30. The number of likely N-dealkylation sites (tertiary alicyclic amines) is 1. The molecule has 106 valence electrons. The Balaban J connectivity index is 1.97. The smallest absolute Gasteiger partial charge is 0.129 e. The Labute approximate surface area is 116 Å². The molecular weight excluding hydrogens is 238 g/mol. The van der Waals surface area contributed by atoms with Crippen LogP contribution >= 0.6 is 0 Å². The molecule has 1 N–H and O–H groups in total. The van der Waals surface area contributed by atoms with E-state index in [0.29, 0.717) is 0 Å². The fourth-order valence-electron chi connectivity index (χ4n) is 2.72. The van der Waals surface area contributed by atoms with Crippen LogP contribution in [-0.2, 0) is 0 Å². The maximum Gasteiger partial charge on any atom is 0.129 e. The van der Waals surface area contributed by atoms with Gasteiger partial charge in [-0.15, -0.1) is 0 Å². The van der Waals surface area contributed by atoms with Crippen molar-refractivity contribution in [3.05, 3.63) is 18.6 Å². The number of likely N-dealkylation sites (N-methyl/N-ethyl adjacent to an activating group) is 1. The summed E-state index contributed by atoms with van der Waals surface area (Å²) in [5.41, 5.74) is 0.233. The van der Waals surface area contributed by atoms with Gasteiger partial charge in [-0.3, -0.25) is 0 Å². The van der Waals surface area contributed by atoms with Gasteiger partial charge < -0.3 is 15.1 Å². The van der Waals surface area contributed by atoms with E-state index >= 15 is 0 Å². The lowest BCUT2D eigenvalue weighted by Crippen LogP contribution is -2.56. The number of anilines is 1. The third-order valence-electron chi connectivity index (χ3n) is 4.36. The van der Waals surface area contributed by atoms with Crippen LogP contribution in [0.1, 0.15) is 19.8 Å². The molecule has 0 aromatic carbocycles. The Morgan fingerprint density at radius 2 is 2.11 bits per heavy atom. The van der Waals surface area contributed by atoms with Gasteiger partial charge in [0.2, 0.25) is 0 Å². The summed E-state index contributed by atoms with van der Waals surface area (Å²) in [5.74, 6) is 0.911. The molecule has 0 unspecified atom stereocenters. The third-order valence-corrected chi connectivity index (χ3v) is 4.36. The zero-order valence-corrected chi connectivity index (χ0v) is 12.3. The lowest BCUT2D eigenvalue weighted by Gasteiger charge is -2.46. The van der Waals surface area contributed by atoms with Gasteiger partial charge in [-0.25, -0.2) is 9.97 Å². The number of nitrogens with one attached hydrogen (secondary N) is 1. The Morgan fingerprint density at radius 3 is 2.63 bits per heavy atom. The van der Waals surface area contributed by atoms with Crippen molar-refractivity contribution in [3.8, 4) is 0 Å². The molecule has 0 spiro atoms. The molecule has 2 heterocycles. The minimum Gasteiger partial charge on any atom is -0.368 e. The Bertz CT molecular complexity index is 371. The van der Waals surface area contributed by atoms with Gasteiger partial charge in [0.25, 0.3) is 0 Å². The normalized spacial score (nSPS) is 19.6. The molecule has 2 rings (SSSR count). The average Bonchev–Trinajstić information content (AvgIpc) is 2.46. The fourth-order valence-corrected chi connectivity index (χ4v) is 2.72. The first-order valence-corrected chi connectivity index (χ1v) is 7.06. The van der Waals surface area contributed by atoms with Crippen molar-refractivity contribution >= 4 is 5.82 Å². The molecule has 1 aliphatic rings. The Kier molecular flexibility index (Phi) is 4.71. The molecule has 19 heavy (non-hydrogen) atoms. The molecule has 1 aromatic heterocycles. The number of piperidine rings is 1. The van der Waals surface area contributed by atoms with E-state index in [1.165, 1.54) is 25.9 Å². The summed E-state index contributed by atoms with van der Waals surface area (Å²) in [4.78, 5) is 13.1. The van der Waals surface area contributed by atoms with Gasteiger partial charge in [0.1, 0.15) is 12.1 Å². The number of rotatable bonds is 5. The van der Waals surface area contributed by atoms with E-state index in [9.17, 15) is 0 Å². The molecule has 1 saturated heterocycles. The van der Waals surface area contributed by atoms with Crippen molar-refractivity contribution in [3.63, 3.8) is 0 Å². The molecule has 0 radical (unpaired) electrons. The third kappa shape index (κ3) is 3.42. The predicted molar refractivity (Wildman–Crippen MR) is 78.3 cm³/mol. The van der Waals surface area contributed by atoms with E-state index in [-0.39, 0.29) is 5.54 Å². The lowest BCUT2D eigenvalue weighted by atomic mass is 9.86. The minimum absolute atomic E-state index is 0.233. The van der Waals surface area contributed by atoms with Crippen LogP contribution in [0, 0.1) is 0 Å². The highest BCUT2D eigenvalue weighted by Crippen LogP contribution is 2.27. The zero-order chi connectivity index (χ0) is 13.7. The van der Waals surface area contributed by atoms with E-state index in [4.69, 9.17) is 0 Å². The molecule has 0 amide bonds. The highest BCUT2D eigenvalue weighted by atomic mass is 15.2. The van der Waals surface area contributed by atoms with Gasteiger partial charge in [-0.1, -0.05) is 6.92 Å². The van der Waals surface area contributed by atoms with Crippen LogP contribution in [0.25, 0.3) is 0 Å². The Hall–Kier alpha value is -1.20. The molecule has 1 aliphatic heterocycles. The predicted octanol–water partition coefficient (Wildman–Crippen LogP) is 1.30. The SMILES string of the molecule is CCN1CCC(CNc2ccncn2)(N(C)C)CC1. The summed E-state index contributed by atoms with van der Waals surface area (Å²) in [6, 6.07) is 1.92. The summed E-state index contributed by atoms with van der Waals surface area (Å²) >= 11 is 0. The van der Waals surface area contributed by atoms with Crippen molar-refractivity contribution < 1.29 is 0 Å². The highest BCUT2D eigenvalue weighted by molar-refractivity contribution is 5.32. The summed E-state index contributed by atoms with van der Waals surface area (Å²) in [5, 5.41) is 3.46. The fraction of sp³-hybridized carbons (Fsp3) is 0.714. The Morgan fingerprint density at radius 1 is 1.37 bits per heavy atom. The lowest BCUT2D eigenvalue weighted by molar-refractivity contribution is 0.0686. The number of nitrogens with zero attached hydrogens (tertiary/aromatic N) is 4. The molecule has 5 nitrogen and oxygen atoms in total. The molecule has 1 aromatic rings.